The van der Waals surface area contributed by atoms with Crippen LogP contribution in [-0.4, -0.2) is 19.1 Å². The average Bonchev–Trinajstić information content (AvgIpc) is 2.67. The topological polar surface area (TPSA) is 71.3 Å². The molecular formula is C21H18N2O3. The third-order valence-electron chi connectivity index (χ3n) is 3.80. The number of ether oxygens (including phenoxy) is 2. The largest absolute Gasteiger partial charge is 0.490 e. The number of carbonyl (C=O) groups excluding carboxylic acids is 1. The number of nitriles is 1. The summed E-state index contributed by atoms with van der Waals surface area (Å²) in [6.45, 7) is 2.12. The normalized spacial score (nSPS) is 10.2. The predicted octanol–water partition coefficient (Wildman–Crippen LogP) is 4.13. The minimum Gasteiger partial charge on any atom is -0.490 e. The lowest BCUT2D eigenvalue weighted by atomic mass is 10.1. The van der Waals surface area contributed by atoms with E-state index in [4.69, 9.17) is 14.7 Å². The standard InChI is InChI=1S/C21H18N2O3/c1-2-25-20-12-15(13-22)10-11-19(20)26-14-21(24)23-18-9-5-7-16-6-3-4-8-17(16)18/h3-12H,2,14H2,1H3,(H,23,24). The van der Waals surface area contributed by atoms with Crippen LogP contribution < -0.4 is 14.8 Å². The Bertz CT molecular complexity index is 971. The van der Waals surface area contributed by atoms with Gasteiger partial charge >= 0.3 is 0 Å². The molecule has 3 aromatic rings. The summed E-state index contributed by atoms with van der Waals surface area (Å²) in [5.41, 5.74) is 1.21. The van der Waals surface area contributed by atoms with E-state index in [2.05, 4.69) is 11.4 Å². The van der Waals surface area contributed by atoms with E-state index in [1.807, 2.05) is 49.4 Å². The number of rotatable bonds is 6. The maximum atomic E-state index is 12.3. The lowest BCUT2D eigenvalue weighted by Crippen LogP contribution is -2.20. The molecule has 0 radical (unpaired) electrons. The monoisotopic (exact) mass is 346 g/mol. The summed E-state index contributed by atoms with van der Waals surface area (Å²) < 4.78 is 11.1. The Morgan fingerprint density at radius 3 is 2.65 bits per heavy atom. The van der Waals surface area contributed by atoms with E-state index in [9.17, 15) is 4.79 Å². The fraction of sp³-hybridized carbons (Fsp3) is 0.143. The highest BCUT2D eigenvalue weighted by molar-refractivity contribution is 6.02. The molecule has 0 bridgehead atoms. The van der Waals surface area contributed by atoms with Crippen molar-refractivity contribution >= 4 is 22.4 Å². The SMILES string of the molecule is CCOc1cc(C#N)ccc1OCC(=O)Nc1cccc2ccccc12. The molecule has 0 saturated carbocycles. The Kier molecular flexibility index (Phi) is 5.35. The van der Waals surface area contributed by atoms with Crippen molar-refractivity contribution in [3.8, 4) is 17.6 Å². The molecule has 5 heteroatoms. The van der Waals surface area contributed by atoms with E-state index < -0.39 is 0 Å². The first-order valence-corrected chi connectivity index (χ1v) is 8.28. The van der Waals surface area contributed by atoms with Crippen molar-refractivity contribution in [2.24, 2.45) is 0 Å². The van der Waals surface area contributed by atoms with Gasteiger partial charge in [-0.3, -0.25) is 4.79 Å². The van der Waals surface area contributed by atoms with Crippen LogP contribution in [0.5, 0.6) is 11.5 Å². The first-order valence-electron chi connectivity index (χ1n) is 8.28. The Balaban J connectivity index is 1.70. The molecule has 0 unspecified atom stereocenters. The molecule has 0 fully saturated rings. The summed E-state index contributed by atoms with van der Waals surface area (Å²) in [6, 6.07) is 20.5. The summed E-state index contributed by atoms with van der Waals surface area (Å²) in [4.78, 5) is 12.3. The molecule has 0 saturated heterocycles. The summed E-state index contributed by atoms with van der Waals surface area (Å²) >= 11 is 0. The molecule has 0 aliphatic rings. The minimum atomic E-state index is -0.270. The highest BCUT2D eigenvalue weighted by atomic mass is 16.5. The van der Waals surface area contributed by atoms with Gasteiger partial charge in [-0.05, 0) is 30.5 Å². The van der Waals surface area contributed by atoms with Gasteiger partial charge in [0.05, 0.1) is 18.2 Å². The number of amides is 1. The van der Waals surface area contributed by atoms with Gasteiger partial charge in [-0.2, -0.15) is 5.26 Å². The van der Waals surface area contributed by atoms with Crippen LogP contribution in [0, 0.1) is 11.3 Å². The summed E-state index contributed by atoms with van der Waals surface area (Å²) in [7, 11) is 0. The van der Waals surface area contributed by atoms with Crippen molar-refractivity contribution in [1.82, 2.24) is 0 Å². The van der Waals surface area contributed by atoms with Crippen molar-refractivity contribution < 1.29 is 14.3 Å². The number of benzene rings is 3. The van der Waals surface area contributed by atoms with Crippen LogP contribution in [0.15, 0.2) is 60.7 Å². The molecule has 0 aliphatic heterocycles. The minimum absolute atomic E-state index is 0.158. The molecule has 0 spiro atoms. The third kappa shape index (κ3) is 3.93. The van der Waals surface area contributed by atoms with Crippen LogP contribution in [0.3, 0.4) is 0 Å². The van der Waals surface area contributed by atoms with E-state index in [-0.39, 0.29) is 12.5 Å². The Morgan fingerprint density at radius 1 is 1.04 bits per heavy atom. The molecule has 1 N–H and O–H groups in total. The van der Waals surface area contributed by atoms with Crippen LogP contribution in [0.1, 0.15) is 12.5 Å². The second-order valence-electron chi connectivity index (χ2n) is 5.57. The number of nitrogens with zero attached hydrogens (tertiary/aromatic N) is 1. The number of hydrogen-bond donors (Lipinski definition) is 1. The molecule has 0 heterocycles. The Hall–Kier alpha value is -3.52. The zero-order valence-corrected chi connectivity index (χ0v) is 14.4. The van der Waals surface area contributed by atoms with E-state index in [0.717, 1.165) is 16.5 Å². The molecule has 1 amide bonds. The maximum Gasteiger partial charge on any atom is 0.262 e. The molecule has 0 aromatic heterocycles. The van der Waals surface area contributed by atoms with Gasteiger partial charge < -0.3 is 14.8 Å². The second-order valence-corrected chi connectivity index (χ2v) is 5.57. The van der Waals surface area contributed by atoms with Crippen molar-refractivity contribution in [2.45, 2.75) is 6.92 Å². The van der Waals surface area contributed by atoms with Crippen LogP contribution in [0.4, 0.5) is 5.69 Å². The van der Waals surface area contributed by atoms with Gasteiger partial charge in [-0.15, -0.1) is 0 Å². The highest BCUT2D eigenvalue weighted by Gasteiger charge is 2.10. The van der Waals surface area contributed by atoms with Crippen LogP contribution in [-0.2, 0) is 4.79 Å². The lowest BCUT2D eigenvalue weighted by molar-refractivity contribution is -0.118. The second kappa shape index (κ2) is 8.04. The summed E-state index contributed by atoms with van der Waals surface area (Å²) in [5, 5.41) is 13.9. The van der Waals surface area contributed by atoms with Crippen LogP contribution in [0.25, 0.3) is 10.8 Å². The number of nitrogens with one attached hydrogen (secondary N) is 1. The first kappa shape index (κ1) is 17.3. The van der Waals surface area contributed by atoms with Gasteiger partial charge in [0.1, 0.15) is 0 Å². The molecule has 130 valence electrons. The van der Waals surface area contributed by atoms with E-state index in [1.165, 1.54) is 0 Å². The molecular weight excluding hydrogens is 328 g/mol. The van der Waals surface area contributed by atoms with Crippen molar-refractivity contribution in [3.05, 3.63) is 66.2 Å². The zero-order valence-electron chi connectivity index (χ0n) is 14.4. The molecule has 0 atom stereocenters. The van der Waals surface area contributed by atoms with Gasteiger partial charge in [-0.1, -0.05) is 36.4 Å². The van der Waals surface area contributed by atoms with Gasteiger partial charge in [0.25, 0.3) is 5.91 Å². The smallest absolute Gasteiger partial charge is 0.262 e. The van der Waals surface area contributed by atoms with Crippen molar-refractivity contribution in [3.63, 3.8) is 0 Å². The zero-order chi connectivity index (χ0) is 18.4. The molecule has 3 aromatic carbocycles. The fourth-order valence-electron chi connectivity index (χ4n) is 2.63. The molecule has 5 nitrogen and oxygen atoms in total. The first-order chi connectivity index (χ1) is 12.7. The van der Waals surface area contributed by atoms with Gasteiger partial charge in [0, 0.05) is 17.1 Å². The third-order valence-corrected chi connectivity index (χ3v) is 3.80. The maximum absolute atomic E-state index is 12.3. The number of anilines is 1. The number of carbonyl (C=O) groups is 1. The van der Waals surface area contributed by atoms with Crippen molar-refractivity contribution in [2.75, 3.05) is 18.5 Å². The van der Waals surface area contributed by atoms with Crippen molar-refractivity contribution in [1.29, 1.82) is 5.26 Å². The average molecular weight is 346 g/mol. The quantitative estimate of drug-likeness (QED) is 0.728. The number of hydrogen-bond acceptors (Lipinski definition) is 4. The van der Waals surface area contributed by atoms with Gasteiger partial charge in [0.15, 0.2) is 18.1 Å². The Morgan fingerprint density at radius 2 is 1.85 bits per heavy atom. The van der Waals surface area contributed by atoms with Crippen LogP contribution in [0.2, 0.25) is 0 Å². The van der Waals surface area contributed by atoms with Gasteiger partial charge in [-0.25, -0.2) is 0 Å². The van der Waals surface area contributed by atoms with E-state index in [0.29, 0.717) is 23.7 Å². The van der Waals surface area contributed by atoms with E-state index in [1.54, 1.807) is 18.2 Å². The summed E-state index contributed by atoms with van der Waals surface area (Å²) in [5.74, 6) is 0.608. The molecule has 3 rings (SSSR count). The highest BCUT2D eigenvalue weighted by Crippen LogP contribution is 2.28. The fourth-order valence-corrected chi connectivity index (χ4v) is 2.63. The lowest BCUT2D eigenvalue weighted by Gasteiger charge is -2.13. The number of fused-ring (bicyclic) bond motifs is 1. The summed E-state index contributed by atoms with van der Waals surface area (Å²) in [6.07, 6.45) is 0. The van der Waals surface area contributed by atoms with Gasteiger partial charge in [0.2, 0.25) is 0 Å². The Labute approximate surface area is 151 Å². The molecule has 26 heavy (non-hydrogen) atoms. The predicted molar refractivity (Wildman–Crippen MR) is 100 cm³/mol. The molecule has 0 aliphatic carbocycles. The van der Waals surface area contributed by atoms with Crippen LogP contribution >= 0.6 is 0 Å². The van der Waals surface area contributed by atoms with E-state index >= 15 is 0 Å².